The van der Waals surface area contributed by atoms with E-state index in [9.17, 15) is 0 Å². The maximum Gasteiger partial charge on any atom is 0.106 e. The van der Waals surface area contributed by atoms with Gasteiger partial charge in [0.05, 0.1) is 12.2 Å². The van der Waals surface area contributed by atoms with Gasteiger partial charge in [-0.15, -0.1) is 0 Å². The highest BCUT2D eigenvalue weighted by atomic mass is 16.4. The van der Waals surface area contributed by atoms with E-state index in [0.717, 1.165) is 0 Å². The molecule has 3 N–H and O–H groups in total. The molecule has 3 nitrogen and oxygen atoms in total. The average molecular weight is 118 g/mol. The topological polar surface area (TPSA) is 60.7 Å². The summed E-state index contributed by atoms with van der Waals surface area (Å²) in [7, 11) is 0. The van der Waals surface area contributed by atoms with Crippen molar-refractivity contribution in [2.45, 2.75) is 31.2 Å². The zero-order valence-electron chi connectivity index (χ0n) is 4.49. The Hall–Kier alpha value is -0.120. The molecule has 0 saturated heterocycles. The molecule has 0 aromatic heterocycles. The minimum absolute atomic E-state index is 0.516. The molecule has 0 aromatic rings. The van der Waals surface area contributed by atoms with Gasteiger partial charge in [0.25, 0.3) is 0 Å². The van der Waals surface area contributed by atoms with Gasteiger partial charge in [-0.05, 0) is 12.8 Å². The van der Waals surface area contributed by atoms with Crippen LogP contribution in [0.15, 0.2) is 0 Å². The molecule has 1 aliphatic carbocycles. The Kier molecular flexibility index (Phi) is 1.51. The maximum atomic E-state index is 8.77. The summed E-state index contributed by atoms with van der Waals surface area (Å²) >= 11 is 0. The molecule has 1 fully saturated rings. The molecule has 0 spiro atoms. The van der Waals surface area contributed by atoms with E-state index in [-0.39, 0.29) is 0 Å². The highest BCUT2D eigenvalue weighted by Crippen LogP contribution is 2.18. The van der Waals surface area contributed by atoms with Crippen LogP contribution in [-0.4, -0.2) is 33.6 Å². The first-order valence-corrected chi connectivity index (χ1v) is 2.76. The van der Waals surface area contributed by atoms with Crippen LogP contribution in [0.1, 0.15) is 12.8 Å². The monoisotopic (exact) mass is 118 g/mol. The third kappa shape index (κ3) is 0.844. The Bertz CT molecular complexity index is 73.7. The van der Waals surface area contributed by atoms with Crippen LogP contribution in [0.5, 0.6) is 0 Å². The Morgan fingerprint density at radius 2 is 1.25 bits per heavy atom. The smallest absolute Gasteiger partial charge is 0.106 e. The highest BCUT2D eigenvalue weighted by Gasteiger charge is 2.31. The quantitative estimate of drug-likeness (QED) is 0.377. The summed E-state index contributed by atoms with van der Waals surface area (Å²) in [5, 5.41) is 26.3. The molecule has 1 rings (SSSR count). The first-order chi connectivity index (χ1) is 3.72. The molecular formula is C5H10O3. The van der Waals surface area contributed by atoms with Crippen molar-refractivity contribution in [3.8, 4) is 0 Å². The van der Waals surface area contributed by atoms with Crippen molar-refractivity contribution in [1.29, 1.82) is 0 Å². The second kappa shape index (κ2) is 2.01. The van der Waals surface area contributed by atoms with E-state index in [2.05, 4.69) is 0 Å². The molecule has 0 unspecified atom stereocenters. The van der Waals surface area contributed by atoms with Crippen LogP contribution in [0.2, 0.25) is 0 Å². The maximum absolute atomic E-state index is 8.77. The van der Waals surface area contributed by atoms with E-state index >= 15 is 0 Å². The summed E-state index contributed by atoms with van der Waals surface area (Å²) in [6.07, 6.45) is -1.28. The molecule has 48 valence electrons. The van der Waals surface area contributed by atoms with Crippen LogP contribution >= 0.6 is 0 Å². The van der Waals surface area contributed by atoms with Crippen molar-refractivity contribution in [2.75, 3.05) is 0 Å². The van der Waals surface area contributed by atoms with Crippen LogP contribution in [0.4, 0.5) is 0 Å². The third-order valence-corrected chi connectivity index (χ3v) is 1.55. The summed E-state index contributed by atoms with van der Waals surface area (Å²) in [6.45, 7) is 0. The molecule has 0 aliphatic heterocycles. The molecule has 0 radical (unpaired) electrons. The van der Waals surface area contributed by atoms with Crippen LogP contribution < -0.4 is 0 Å². The predicted molar refractivity (Wildman–Crippen MR) is 27.3 cm³/mol. The van der Waals surface area contributed by atoms with Gasteiger partial charge in [0.1, 0.15) is 6.10 Å². The second-order valence-electron chi connectivity index (χ2n) is 2.20. The molecule has 3 heteroatoms. The van der Waals surface area contributed by atoms with E-state index in [0.29, 0.717) is 12.8 Å². The lowest BCUT2D eigenvalue weighted by atomic mass is 10.2. The van der Waals surface area contributed by atoms with Gasteiger partial charge in [-0.3, -0.25) is 0 Å². The lowest BCUT2D eigenvalue weighted by Gasteiger charge is -2.08. The fraction of sp³-hybridized carbons (Fsp3) is 1.00. The van der Waals surface area contributed by atoms with E-state index in [1.165, 1.54) is 0 Å². The molecular weight excluding hydrogens is 108 g/mol. The molecule has 1 saturated carbocycles. The van der Waals surface area contributed by atoms with Crippen LogP contribution in [0, 0.1) is 0 Å². The van der Waals surface area contributed by atoms with E-state index in [1.807, 2.05) is 0 Å². The molecule has 0 aromatic carbocycles. The number of aliphatic hydroxyl groups is 3. The van der Waals surface area contributed by atoms with E-state index in [4.69, 9.17) is 15.3 Å². The summed E-state index contributed by atoms with van der Waals surface area (Å²) in [5.41, 5.74) is 0. The number of aliphatic hydroxyl groups excluding tert-OH is 3. The second-order valence-corrected chi connectivity index (χ2v) is 2.20. The first kappa shape index (κ1) is 6.01. The van der Waals surface area contributed by atoms with Gasteiger partial charge in [-0.2, -0.15) is 0 Å². The molecule has 1 aliphatic rings. The third-order valence-electron chi connectivity index (χ3n) is 1.55. The first-order valence-electron chi connectivity index (χ1n) is 2.76. The summed E-state index contributed by atoms with van der Waals surface area (Å²) in [6, 6.07) is 0. The van der Waals surface area contributed by atoms with Gasteiger partial charge in [0, 0.05) is 0 Å². The Labute approximate surface area is 47.6 Å². The zero-order chi connectivity index (χ0) is 6.15. The fourth-order valence-electron chi connectivity index (χ4n) is 0.939. The lowest BCUT2D eigenvalue weighted by Crippen LogP contribution is -2.28. The van der Waals surface area contributed by atoms with Gasteiger partial charge >= 0.3 is 0 Å². The lowest BCUT2D eigenvalue weighted by molar-refractivity contribution is -0.0182. The number of hydrogen-bond acceptors (Lipinski definition) is 3. The minimum atomic E-state index is -0.907. The van der Waals surface area contributed by atoms with Crippen LogP contribution in [0.25, 0.3) is 0 Å². The Morgan fingerprint density at radius 3 is 1.38 bits per heavy atom. The van der Waals surface area contributed by atoms with Crippen molar-refractivity contribution >= 4 is 0 Å². The van der Waals surface area contributed by atoms with Crippen LogP contribution in [0.3, 0.4) is 0 Å². The summed E-state index contributed by atoms with van der Waals surface area (Å²) in [4.78, 5) is 0. The van der Waals surface area contributed by atoms with Crippen molar-refractivity contribution in [1.82, 2.24) is 0 Å². The van der Waals surface area contributed by atoms with Crippen molar-refractivity contribution in [3.05, 3.63) is 0 Å². The van der Waals surface area contributed by atoms with Gasteiger partial charge in [-0.25, -0.2) is 0 Å². The number of rotatable bonds is 0. The average Bonchev–Trinajstić information content (AvgIpc) is 1.98. The Balaban J connectivity index is 2.44. The Morgan fingerprint density at radius 1 is 0.875 bits per heavy atom. The van der Waals surface area contributed by atoms with Crippen LogP contribution in [-0.2, 0) is 0 Å². The van der Waals surface area contributed by atoms with Crippen molar-refractivity contribution < 1.29 is 15.3 Å². The number of hydrogen-bond donors (Lipinski definition) is 3. The SMILES string of the molecule is OC1[C@@H](O)CC[C@@H]1O. The van der Waals surface area contributed by atoms with Crippen molar-refractivity contribution in [2.24, 2.45) is 0 Å². The van der Waals surface area contributed by atoms with Gasteiger partial charge in [0.15, 0.2) is 0 Å². The molecule has 2 atom stereocenters. The van der Waals surface area contributed by atoms with Gasteiger partial charge in [0.2, 0.25) is 0 Å². The fourth-order valence-corrected chi connectivity index (χ4v) is 0.939. The normalized spacial score (nSPS) is 40.9. The molecule has 0 bridgehead atoms. The van der Waals surface area contributed by atoms with E-state index in [1.54, 1.807) is 0 Å². The molecule has 8 heavy (non-hydrogen) atoms. The molecule has 0 amide bonds. The molecule has 0 heterocycles. The highest BCUT2D eigenvalue weighted by molar-refractivity contribution is 4.83. The van der Waals surface area contributed by atoms with Crippen molar-refractivity contribution in [3.63, 3.8) is 0 Å². The standard InChI is InChI=1S/C5H10O3/c6-3-1-2-4(7)5(3)8/h3-8H,1-2H2/t3-,4-/m0/s1. The predicted octanol–water partition coefficient (Wildman–Crippen LogP) is -1.14. The van der Waals surface area contributed by atoms with Gasteiger partial charge < -0.3 is 15.3 Å². The largest absolute Gasteiger partial charge is 0.390 e. The summed E-state index contributed by atoms with van der Waals surface area (Å²) < 4.78 is 0. The van der Waals surface area contributed by atoms with E-state index < -0.39 is 18.3 Å². The summed E-state index contributed by atoms with van der Waals surface area (Å²) in [5.74, 6) is 0. The van der Waals surface area contributed by atoms with Gasteiger partial charge in [-0.1, -0.05) is 0 Å². The minimum Gasteiger partial charge on any atom is -0.390 e. The zero-order valence-corrected chi connectivity index (χ0v) is 4.49.